The summed E-state index contributed by atoms with van der Waals surface area (Å²) in [6.45, 7) is 2.58. The fourth-order valence-electron chi connectivity index (χ4n) is 2.47. The standard InChI is InChI=1S/C17H17NO4S/c1-2-21-17(20)13-7-5-12(6-8-13)16-18(15(19)11-23-16)10-14-4-3-9-22-14/h3-9,16H,2,10-11H2,1H3/t16-/m1/s1. The number of carbonyl (C=O) groups is 2. The van der Waals surface area contributed by atoms with Crippen LogP contribution in [0.4, 0.5) is 0 Å². The number of carbonyl (C=O) groups excluding carboxylic acids is 2. The van der Waals surface area contributed by atoms with Crippen LogP contribution in [0.15, 0.2) is 47.1 Å². The van der Waals surface area contributed by atoms with Crippen LogP contribution < -0.4 is 0 Å². The first-order valence-electron chi connectivity index (χ1n) is 7.39. The van der Waals surface area contributed by atoms with E-state index in [0.29, 0.717) is 24.5 Å². The second kappa shape index (κ2) is 6.91. The Hall–Kier alpha value is -2.21. The molecule has 1 aromatic carbocycles. The number of thioether (sulfide) groups is 1. The maximum absolute atomic E-state index is 12.1. The quantitative estimate of drug-likeness (QED) is 0.787. The lowest BCUT2D eigenvalue weighted by Gasteiger charge is -2.23. The molecule has 1 aliphatic rings. The van der Waals surface area contributed by atoms with Crippen LogP contribution in [0.5, 0.6) is 0 Å². The minimum Gasteiger partial charge on any atom is -0.467 e. The van der Waals surface area contributed by atoms with Crippen molar-refractivity contribution in [1.82, 2.24) is 4.90 Å². The Kier molecular flexibility index (Phi) is 4.71. The van der Waals surface area contributed by atoms with Crippen LogP contribution in [0, 0.1) is 0 Å². The predicted octanol–water partition coefficient (Wildman–Crippen LogP) is 3.23. The summed E-state index contributed by atoms with van der Waals surface area (Å²) in [7, 11) is 0. The fraction of sp³-hybridized carbons (Fsp3) is 0.294. The van der Waals surface area contributed by atoms with E-state index in [2.05, 4.69) is 0 Å². The fourth-order valence-corrected chi connectivity index (χ4v) is 3.66. The Morgan fingerprint density at radius 3 is 2.78 bits per heavy atom. The van der Waals surface area contributed by atoms with Crippen molar-refractivity contribution in [2.45, 2.75) is 18.8 Å². The maximum atomic E-state index is 12.1. The molecular formula is C17H17NO4S. The van der Waals surface area contributed by atoms with E-state index in [-0.39, 0.29) is 17.3 Å². The van der Waals surface area contributed by atoms with Crippen LogP contribution >= 0.6 is 11.8 Å². The summed E-state index contributed by atoms with van der Waals surface area (Å²) in [5, 5.41) is -0.0659. The lowest BCUT2D eigenvalue weighted by atomic mass is 10.1. The van der Waals surface area contributed by atoms with E-state index < -0.39 is 0 Å². The highest BCUT2D eigenvalue weighted by Gasteiger charge is 2.33. The van der Waals surface area contributed by atoms with Crippen molar-refractivity contribution in [3.63, 3.8) is 0 Å². The van der Waals surface area contributed by atoms with Gasteiger partial charge in [0.2, 0.25) is 5.91 Å². The molecule has 120 valence electrons. The van der Waals surface area contributed by atoms with Gasteiger partial charge >= 0.3 is 5.97 Å². The monoisotopic (exact) mass is 331 g/mol. The molecule has 1 aromatic heterocycles. The van der Waals surface area contributed by atoms with Crippen molar-refractivity contribution in [3.05, 3.63) is 59.5 Å². The van der Waals surface area contributed by atoms with Crippen LogP contribution in [0.25, 0.3) is 0 Å². The van der Waals surface area contributed by atoms with Gasteiger partial charge in [0, 0.05) is 0 Å². The van der Waals surface area contributed by atoms with Crippen LogP contribution in [-0.2, 0) is 16.1 Å². The SMILES string of the molecule is CCOC(=O)c1ccc([C@H]2SCC(=O)N2Cc2ccco2)cc1. The van der Waals surface area contributed by atoms with Crippen molar-refractivity contribution in [2.75, 3.05) is 12.4 Å². The Morgan fingerprint density at radius 2 is 2.13 bits per heavy atom. The zero-order valence-corrected chi connectivity index (χ0v) is 13.5. The van der Waals surface area contributed by atoms with Gasteiger partial charge in [-0.2, -0.15) is 0 Å². The van der Waals surface area contributed by atoms with Crippen LogP contribution in [-0.4, -0.2) is 29.1 Å². The summed E-state index contributed by atoms with van der Waals surface area (Å²) >= 11 is 1.58. The van der Waals surface area contributed by atoms with E-state index in [9.17, 15) is 9.59 Å². The molecule has 1 aliphatic heterocycles. The van der Waals surface area contributed by atoms with E-state index in [1.165, 1.54) is 0 Å². The van der Waals surface area contributed by atoms with Gasteiger partial charge in [0.15, 0.2) is 0 Å². The molecule has 1 saturated heterocycles. The minimum atomic E-state index is -0.332. The van der Waals surface area contributed by atoms with Gasteiger partial charge in [-0.25, -0.2) is 4.79 Å². The molecule has 5 nitrogen and oxygen atoms in total. The molecule has 1 atom stereocenters. The average molecular weight is 331 g/mol. The molecule has 23 heavy (non-hydrogen) atoms. The van der Waals surface area contributed by atoms with E-state index in [0.717, 1.165) is 11.3 Å². The molecule has 6 heteroatoms. The molecule has 1 amide bonds. The molecule has 2 aromatic rings. The van der Waals surface area contributed by atoms with E-state index in [1.807, 2.05) is 24.3 Å². The van der Waals surface area contributed by atoms with Gasteiger partial charge in [-0.3, -0.25) is 4.79 Å². The molecule has 0 radical (unpaired) electrons. The Morgan fingerprint density at radius 1 is 1.35 bits per heavy atom. The average Bonchev–Trinajstić information content (AvgIpc) is 3.19. The second-order valence-electron chi connectivity index (χ2n) is 5.11. The van der Waals surface area contributed by atoms with Gasteiger partial charge < -0.3 is 14.1 Å². The number of hydrogen-bond donors (Lipinski definition) is 0. The first kappa shape index (κ1) is 15.7. The van der Waals surface area contributed by atoms with Crippen molar-refractivity contribution in [1.29, 1.82) is 0 Å². The predicted molar refractivity (Wildman–Crippen MR) is 86.9 cm³/mol. The molecule has 0 spiro atoms. The van der Waals surface area contributed by atoms with Crippen LogP contribution in [0.2, 0.25) is 0 Å². The Balaban J connectivity index is 1.76. The third kappa shape index (κ3) is 3.42. The van der Waals surface area contributed by atoms with Gasteiger partial charge in [-0.05, 0) is 36.8 Å². The van der Waals surface area contributed by atoms with Crippen molar-refractivity contribution < 1.29 is 18.7 Å². The highest BCUT2D eigenvalue weighted by atomic mass is 32.2. The summed E-state index contributed by atoms with van der Waals surface area (Å²) in [5.74, 6) is 0.965. The van der Waals surface area contributed by atoms with Gasteiger partial charge in [0.05, 0.1) is 30.7 Å². The topological polar surface area (TPSA) is 59.8 Å². The van der Waals surface area contributed by atoms with Crippen molar-refractivity contribution in [3.8, 4) is 0 Å². The number of nitrogens with zero attached hydrogens (tertiary/aromatic N) is 1. The molecule has 0 aliphatic carbocycles. The zero-order valence-electron chi connectivity index (χ0n) is 12.7. The van der Waals surface area contributed by atoms with Gasteiger partial charge in [-0.15, -0.1) is 11.8 Å². The number of esters is 1. The van der Waals surface area contributed by atoms with E-state index in [1.54, 1.807) is 42.0 Å². The largest absolute Gasteiger partial charge is 0.467 e. The summed E-state index contributed by atoms with van der Waals surface area (Å²) in [6.07, 6.45) is 1.60. The summed E-state index contributed by atoms with van der Waals surface area (Å²) in [6, 6.07) is 10.9. The number of furan rings is 1. The van der Waals surface area contributed by atoms with Crippen molar-refractivity contribution in [2.24, 2.45) is 0 Å². The molecule has 1 fully saturated rings. The molecule has 0 N–H and O–H groups in total. The first-order chi connectivity index (χ1) is 11.2. The van der Waals surface area contributed by atoms with Gasteiger partial charge in [0.1, 0.15) is 11.1 Å². The molecule has 0 bridgehead atoms. The smallest absolute Gasteiger partial charge is 0.338 e. The summed E-state index contributed by atoms with van der Waals surface area (Å²) < 4.78 is 10.3. The first-order valence-corrected chi connectivity index (χ1v) is 8.44. The highest BCUT2D eigenvalue weighted by Crippen LogP contribution is 2.39. The van der Waals surface area contributed by atoms with E-state index >= 15 is 0 Å². The molecular weight excluding hydrogens is 314 g/mol. The normalized spacial score (nSPS) is 17.5. The summed E-state index contributed by atoms with van der Waals surface area (Å²) in [4.78, 5) is 25.6. The number of amides is 1. The summed E-state index contributed by atoms with van der Waals surface area (Å²) in [5.41, 5.74) is 1.50. The highest BCUT2D eigenvalue weighted by molar-refractivity contribution is 8.00. The Labute approximate surface area is 138 Å². The van der Waals surface area contributed by atoms with Gasteiger partial charge in [-0.1, -0.05) is 12.1 Å². The lowest BCUT2D eigenvalue weighted by molar-refractivity contribution is -0.128. The van der Waals surface area contributed by atoms with Crippen molar-refractivity contribution >= 4 is 23.6 Å². The third-order valence-electron chi connectivity index (χ3n) is 3.58. The Bertz CT molecular complexity index is 681. The van der Waals surface area contributed by atoms with Crippen LogP contribution in [0.3, 0.4) is 0 Å². The number of rotatable bonds is 5. The lowest BCUT2D eigenvalue weighted by Crippen LogP contribution is -2.27. The molecule has 0 saturated carbocycles. The van der Waals surface area contributed by atoms with Gasteiger partial charge in [0.25, 0.3) is 0 Å². The molecule has 0 unspecified atom stereocenters. The second-order valence-corrected chi connectivity index (χ2v) is 6.18. The zero-order chi connectivity index (χ0) is 16.2. The molecule has 2 heterocycles. The molecule has 3 rings (SSSR count). The van der Waals surface area contributed by atoms with E-state index in [4.69, 9.17) is 9.15 Å². The number of hydrogen-bond acceptors (Lipinski definition) is 5. The number of ether oxygens (including phenoxy) is 1. The van der Waals surface area contributed by atoms with Crippen LogP contribution in [0.1, 0.15) is 34.0 Å². The minimum absolute atomic E-state index is 0.0659. The third-order valence-corrected chi connectivity index (χ3v) is 4.84. The number of benzene rings is 1. The maximum Gasteiger partial charge on any atom is 0.338 e.